The molecule has 1 aliphatic heterocycles. The van der Waals surface area contributed by atoms with Crippen molar-refractivity contribution in [2.45, 2.75) is 51.4 Å². The molecule has 0 fully saturated rings. The fourth-order valence-electron chi connectivity index (χ4n) is 10.4. The number of hydrogen-bond donors (Lipinski definition) is 0. The number of para-hydroxylation sites is 1. The fourth-order valence-corrected chi connectivity index (χ4v) is 10.4. The maximum Gasteiger partial charge on any atom is 0.114 e. The van der Waals surface area contributed by atoms with Crippen LogP contribution in [-0.4, -0.2) is 10.4 Å². The van der Waals surface area contributed by atoms with Crippen molar-refractivity contribution in [3.8, 4) is 33.4 Å². The van der Waals surface area contributed by atoms with Crippen molar-refractivity contribution in [1.29, 1.82) is 0 Å². The minimum absolute atomic E-state index is 0.213. The highest BCUT2D eigenvalue weighted by atomic mass is 15.1. The van der Waals surface area contributed by atoms with Gasteiger partial charge in [-0.2, -0.15) is 0 Å². The molecule has 0 bridgehead atoms. The number of aliphatic imine (C=N–C) groups is 1. The normalized spacial score (nSPS) is 17.6. The summed E-state index contributed by atoms with van der Waals surface area (Å²) in [5, 5.41) is 2.55. The summed E-state index contributed by atoms with van der Waals surface area (Å²) in [7, 11) is 0. The van der Waals surface area contributed by atoms with Crippen LogP contribution in [0.3, 0.4) is 0 Å². The first-order valence-electron chi connectivity index (χ1n) is 22.7. The van der Waals surface area contributed by atoms with Crippen molar-refractivity contribution >= 4 is 38.9 Å². The molecule has 1 aromatic heterocycles. The summed E-state index contributed by atoms with van der Waals surface area (Å²) >= 11 is 0. The van der Waals surface area contributed by atoms with E-state index in [1.807, 2.05) is 0 Å². The summed E-state index contributed by atoms with van der Waals surface area (Å²) in [5.41, 5.74) is 20.5. The lowest BCUT2D eigenvalue weighted by atomic mass is 9.84. The van der Waals surface area contributed by atoms with Crippen LogP contribution in [0.4, 0.5) is 0 Å². The second-order valence-electron chi connectivity index (χ2n) is 17.2. The lowest BCUT2D eigenvalue weighted by molar-refractivity contribution is 0.728. The summed E-state index contributed by atoms with van der Waals surface area (Å²) in [5.74, 6) is 1.29. The second kappa shape index (κ2) is 16.9. The van der Waals surface area contributed by atoms with E-state index < -0.39 is 0 Å². The number of rotatable bonds is 5. The van der Waals surface area contributed by atoms with Gasteiger partial charge in [0.25, 0.3) is 0 Å². The van der Waals surface area contributed by atoms with Gasteiger partial charge in [-0.15, -0.1) is 0 Å². The third-order valence-corrected chi connectivity index (χ3v) is 13.5. The second-order valence-corrected chi connectivity index (χ2v) is 17.2. The molecule has 304 valence electrons. The van der Waals surface area contributed by atoms with Gasteiger partial charge < -0.3 is 0 Å². The Labute approximate surface area is 371 Å². The third-order valence-electron chi connectivity index (χ3n) is 13.5. The maximum atomic E-state index is 5.91. The summed E-state index contributed by atoms with van der Waals surface area (Å²) < 4.78 is 2.57. The fraction of sp³-hybridized carbons (Fsp3) is 0.131. The van der Waals surface area contributed by atoms with E-state index in [-0.39, 0.29) is 5.92 Å². The van der Waals surface area contributed by atoms with Crippen LogP contribution in [0.5, 0.6) is 0 Å². The van der Waals surface area contributed by atoms with Crippen LogP contribution in [-0.2, 0) is 6.42 Å². The van der Waals surface area contributed by atoms with Gasteiger partial charge in [0, 0.05) is 28.7 Å². The van der Waals surface area contributed by atoms with Gasteiger partial charge in [0.1, 0.15) is 5.84 Å². The van der Waals surface area contributed by atoms with E-state index in [0.29, 0.717) is 0 Å². The maximum absolute atomic E-state index is 5.91. The van der Waals surface area contributed by atoms with Crippen molar-refractivity contribution in [2.24, 2.45) is 4.99 Å². The van der Waals surface area contributed by atoms with Gasteiger partial charge in [-0.25, -0.2) is 4.99 Å². The zero-order valence-electron chi connectivity index (χ0n) is 35.8. The van der Waals surface area contributed by atoms with E-state index >= 15 is 0 Å². The Morgan fingerprint density at radius 2 is 1.10 bits per heavy atom. The van der Waals surface area contributed by atoms with Crippen LogP contribution < -0.4 is 0 Å². The highest BCUT2D eigenvalue weighted by Gasteiger charge is 2.30. The van der Waals surface area contributed by atoms with Crippen molar-refractivity contribution in [2.75, 3.05) is 0 Å². The minimum atomic E-state index is 0.213. The predicted molar refractivity (Wildman–Crippen MR) is 267 cm³/mol. The number of fused-ring (bicyclic) bond motifs is 7. The average molecular weight is 811 g/mol. The molecule has 63 heavy (non-hydrogen) atoms. The van der Waals surface area contributed by atoms with Crippen LogP contribution in [0.1, 0.15) is 72.8 Å². The zero-order chi connectivity index (χ0) is 42.1. The first-order chi connectivity index (χ1) is 31.2. The van der Waals surface area contributed by atoms with E-state index in [1.165, 1.54) is 88.6 Å². The van der Waals surface area contributed by atoms with E-state index in [4.69, 9.17) is 4.99 Å². The Kier molecular flexibility index (Phi) is 10.3. The van der Waals surface area contributed by atoms with Crippen LogP contribution >= 0.6 is 0 Å². The topological polar surface area (TPSA) is 17.3 Å². The van der Waals surface area contributed by atoms with E-state index in [1.54, 1.807) is 0 Å². The van der Waals surface area contributed by atoms with Gasteiger partial charge in [-0.05, 0) is 118 Å². The van der Waals surface area contributed by atoms with Crippen molar-refractivity contribution in [1.82, 2.24) is 4.57 Å². The number of hydrogen-bond acceptors (Lipinski definition) is 1. The first kappa shape index (κ1) is 38.6. The van der Waals surface area contributed by atoms with Crippen LogP contribution in [0.15, 0.2) is 217 Å². The van der Waals surface area contributed by atoms with Crippen molar-refractivity contribution < 1.29 is 0 Å². The number of aryl methyl sites for hydroxylation is 1. The van der Waals surface area contributed by atoms with Gasteiger partial charge in [-0.1, -0.05) is 194 Å². The molecular weight excluding hydrogens is 761 g/mol. The molecule has 0 amide bonds. The Morgan fingerprint density at radius 1 is 0.476 bits per heavy atom. The summed E-state index contributed by atoms with van der Waals surface area (Å²) in [6.07, 6.45) is 8.02. The Morgan fingerprint density at radius 3 is 1.87 bits per heavy atom. The Bertz CT molecular complexity index is 3220. The van der Waals surface area contributed by atoms with Crippen molar-refractivity contribution in [3.05, 3.63) is 240 Å². The van der Waals surface area contributed by atoms with Gasteiger partial charge in [0.05, 0.1) is 16.7 Å². The molecule has 1 atom stereocenters. The number of benzene rings is 8. The molecule has 0 saturated carbocycles. The lowest BCUT2D eigenvalue weighted by Crippen LogP contribution is -2.15. The quantitative estimate of drug-likeness (QED) is 0.165. The summed E-state index contributed by atoms with van der Waals surface area (Å²) in [6.45, 7) is 2.35. The third kappa shape index (κ3) is 7.36. The van der Waals surface area contributed by atoms with E-state index in [2.05, 4.69) is 218 Å². The molecule has 2 aliphatic rings. The van der Waals surface area contributed by atoms with Gasteiger partial charge in [-0.3, -0.25) is 4.57 Å². The number of allylic oxidation sites excluding steroid dienone is 3. The van der Waals surface area contributed by atoms with Gasteiger partial charge in [0.2, 0.25) is 0 Å². The Balaban J connectivity index is 1.15. The predicted octanol–water partition coefficient (Wildman–Crippen LogP) is 16.2. The molecule has 2 heteroatoms. The van der Waals surface area contributed by atoms with Crippen LogP contribution in [0, 0.1) is 0 Å². The Hall–Kier alpha value is -7.29. The molecule has 1 unspecified atom stereocenters. The number of aromatic nitrogens is 1. The zero-order valence-corrected chi connectivity index (χ0v) is 35.8. The standard InChI is InChI=1S/C61H50N2/c1-42-34-39-59(63-58-33-14-13-30-54(58)56-38-37-55-52-29-12-11-24-46(52)35-36-53(60(55)61(56)63)45-22-9-4-10-23-45)62-57(32-17-31-51(42)44-20-7-3-8-21-44)50-28-16-27-49(41-50)48-26-15-25-47(40-48)43-18-5-2-6-19-43/h2-16,18-30,32-33,37-38,40-41,53H,17,31,34-36,39H2,1H3/b51-42-,57-32-,62-59?. The molecule has 0 radical (unpaired) electrons. The SMILES string of the molecule is C/C1=C(/c2ccccc2)CC/C=C(/c2cccc(-c3cccc(-c4ccccc4)c3)c2)N=C(n2c3ccccc3c3ccc4c(c32)C(c2ccccc2)CCc2ccccc2-4)CC1. The molecule has 0 saturated heterocycles. The number of nitrogens with zero attached hydrogens (tertiary/aromatic N) is 2. The minimum Gasteiger partial charge on any atom is -0.297 e. The van der Waals surface area contributed by atoms with Crippen LogP contribution in [0.25, 0.3) is 66.5 Å². The van der Waals surface area contributed by atoms with Crippen molar-refractivity contribution in [3.63, 3.8) is 0 Å². The van der Waals surface area contributed by atoms with Gasteiger partial charge >= 0.3 is 0 Å². The molecule has 8 aromatic carbocycles. The largest absolute Gasteiger partial charge is 0.297 e. The molecule has 9 aromatic rings. The molecule has 1 aliphatic carbocycles. The van der Waals surface area contributed by atoms with Gasteiger partial charge in [0.15, 0.2) is 0 Å². The van der Waals surface area contributed by atoms with E-state index in [0.717, 1.165) is 55.6 Å². The summed E-state index contributed by atoms with van der Waals surface area (Å²) in [4.78, 5) is 5.91. The molecule has 2 heterocycles. The summed E-state index contributed by atoms with van der Waals surface area (Å²) in [6, 6.07) is 73.8. The molecule has 0 N–H and O–H groups in total. The monoisotopic (exact) mass is 810 g/mol. The highest BCUT2D eigenvalue weighted by Crippen LogP contribution is 2.47. The smallest absolute Gasteiger partial charge is 0.114 e. The lowest BCUT2D eigenvalue weighted by Gasteiger charge is -2.23. The van der Waals surface area contributed by atoms with E-state index in [9.17, 15) is 0 Å². The molecule has 11 rings (SSSR count). The highest BCUT2D eigenvalue weighted by molar-refractivity contribution is 6.17. The van der Waals surface area contributed by atoms with Crippen LogP contribution in [0.2, 0.25) is 0 Å². The molecule has 0 spiro atoms. The molecular formula is C61H50N2. The molecule has 2 nitrogen and oxygen atoms in total. The first-order valence-corrected chi connectivity index (χ1v) is 22.7. The average Bonchev–Trinajstić information content (AvgIpc) is 3.59.